The van der Waals surface area contributed by atoms with Crippen LogP contribution in [-0.4, -0.2) is 19.8 Å². The minimum Gasteiger partial charge on any atom is -0.287 e. The Morgan fingerprint density at radius 3 is 0.921 bits per heavy atom. The Morgan fingerprint density at radius 1 is 0.421 bits per heavy atom. The maximum Gasteiger partial charge on any atom is 0.474 e. The summed E-state index contributed by atoms with van der Waals surface area (Å²) in [6, 6.07) is 0. The number of hydrogen-bond acceptors (Lipinski definition) is 4. The first kappa shape index (κ1) is 38.1. The highest BCUT2D eigenvalue weighted by atomic mass is 31.2. The van der Waals surface area contributed by atoms with Crippen LogP contribution in [0.5, 0.6) is 0 Å². The van der Waals surface area contributed by atoms with E-state index < -0.39 is 7.82 Å². The van der Waals surface area contributed by atoms with Crippen LogP contribution in [0.25, 0.3) is 0 Å². The van der Waals surface area contributed by atoms with Crippen molar-refractivity contribution in [2.75, 3.05) is 19.8 Å². The van der Waals surface area contributed by atoms with Gasteiger partial charge in [-0.1, -0.05) is 157 Å². The molecule has 3 atom stereocenters. The van der Waals surface area contributed by atoms with Gasteiger partial charge in [-0.25, -0.2) is 4.57 Å². The van der Waals surface area contributed by atoms with E-state index in [0.717, 1.165) is 19.3 Å². The first-order valence-corrected chi connectivity index (χ1v) is 18.4. The average molecular weight is 561 g/mol. The van der Waals surface area contributed by atoms with Gasteiger partial charge in [0.1, 0.15) is 0 Å². The third kappa shape index (κ3) is 25.1. The second kappa shape index (κ2) is 27.3. The van der Waals surface area contributed by atoms with Crippen molar-refractivity contribution in [2.45, 2.75) is 176 Å². The molecule has 0 aliphatic heterocycles. The zero-order chi connectivity index (χ0) is 28.3. The van der Waals surface area contributed by atoms with Crippen LogP contribution in [0.2, 0.25) is 0 Å². The van der Waals surface area contributed by atoms with Gasteiger partial charge in [0.25, 0.3) is 0 Å². The van der Waals surface area contributed by atoms with Crippen molar-refractivity contribution in [3.8, 4) is 0 Å². The Balaban J connectivity index is 4.53. The largest absolute Gasteiger partial charge is 0.474 e. The SMILES string of the molecule is CCCCCCCCC(C)COP(=O)(OCC(C)CCCCCCCC)OCC(C)CCCCCCCC. The molecule has 0 saturated heterocycles. The van der Waals surface area contributed by atoms with Gasteiger partial charge in [-0.3, -0.25) is 13.6 Å². The Morgan fingerprint density at radius 2 is 0.658 bits per heavy atom. The lowest BCUT2D eigenvalue weighted by Gasteiger charge is -2.23. The van der Waals surface area contributed by atoms with Gasteiger partial charge >= 0.3 is 7.82 Å². The second-order valence-corrected chi connectivity index (χ2v) is 14.0. The molecule has 0 bridgehead atoms. The summed E-state index contributed by atoms with van der Waals surface area (Å²) in [5.74, 6) is 1.09. The highest BCUT2D eigenvalue weighted by Crippen LogP contribution is 2.51. The second-order valence-electron chi connectivity index (χ2n) is 12.3. The fourth-order valence-electron chi connectivity index (χ4n) is 4.84. The van der Waals surface area contributed by atoms with E-state index in [2.05, 4.69) is 41.5 Å². The van der Waals surface area contributed by atoms with E-state index in [0.29, 0.717) is 37.6 Å². The van der Waals surface area contributed by atoms with Crippen molar-refractivity contribution in [2.24, 2.45) is 17.8 Å². The van der Waals surface area contributed by atoms with Crippen LogP contribution in [0.3, 0.4) is 0 Å². The fourth-order valence-corrected chi connectivity index (χ4v) is 6.37. The third-order valence-corrected chi connectivity index (χ3v) is 9.10. The van der Waals surface area contributed by atoms with Crippen LogP contribution in [0.15, 0.2) is 0 Å². The summed E-state index contributed by atoms with van der Waals surface area (Å²) in [5, 5.41) is 0. The highest BCUT2D eigenvalue weighted by Gasteiger charge is 2.29. The van der Waals surface area contributed by atoms with Gasteiger partial charge in [0.2, 0.25) is 0 Å². The van der Waals surface area contributed by atoms with E-state index in [4.69, 9.17) is 13.6 Å². The standard InChI is InChI=1S/C33H69O4P/c1-7-10-13-16-19-22-25-31(4)28-35-38(34,36-29-32(5)26-23-20-17-14-11-8-2)37-30-33(6)27-24-21-18-15-12-9-3/h31-33H,7-30H2,1-6H3. The molecule has 38 heavy (non-hydrogen) atoms. The minimum atomic E-state index is -3.54. The van der Waals surface area contributed by atoms with E-state index in [1.807, 2.05) is 0 Å². The van der Waals surface area contributed by atoms with Crippen LogP contribution in [-0.2, 0) is 18.1 Å². The van der Waals surface area contributed by atoms with E-state index in [1.165, 1.54) is 116 Å². The average Bonchev–Trinajstić information content (AvgIpc) is 2.91. The summed E-state index contributed by atoms with van der Waals surface area (Å²) in [4.78, 5) is 0. The van der Waals surface area contributed by atoms with Gasteiger partial charge in [0, 0.05) is 0 Å². The van der Waals surface area contributed by atoms with Crippen LogP contribution in [0.1, 0.15) is 176 Å². The lowest BCUT2D eigenvalue weighted by Crippen LogP contribution is -2.13. The van der Waals surface area contributed by atoms with E-state index in [-0.39, 0.29) is 0 Å². The number of phosphoric acid groups is 1. The molecule has 0 N–H and O–H groups in total. The molecule has 0 radical (unpaired) electrons. The minimum absolute atomic E-state index is 0.364. The van der Waals surface area contributed by atoms with Crippen LogP contribution < -0.4 is 0 Å². The van der Waals surface area contributed by atoms with Gasteiger partial charge in [0.05, 0.1) is 19.8 Å². The molecule has 4 nitrogen and oxygen atoms in total. The van der Waals surface area contributed by atoms with Crippen LogP contribution in [0, 0.1) is 17.8 Å². The molecule has 0 aromatic rings. The number of rotatable bonds is 30. The molecular weight excluding hydrogens is 491 g/mol. The van der Waals surface area contributed by atoms with Gasteiger partial charge in [0.15, 0.2) is 0 Å². The van der Waals surface area contributed by atoms with Crippen molar-refractivity contribution in [3.05, 3.63) is 0 Å². The maximum atomic E-state index is 13.6. The zero-order valence-corrected chi connectivity index (χ0v) is 27.7. The van der Waals surface area contributed by atoms with Gasteiger partial charge < -0.3 is 0 Å². The van der Waals surface area contributed by atoms with E-state index in [1.54, 1.807) is 0 Å². The zero-order valence-electron chi connectivity index (χ0n) is 26.8. The number of unbranched alkanes of at least 4 members (excludes halogenated alkanes) is 15. The lowest BCUT2D eigenvalue weighted by molar-refractivity contribution is 0.0798. The van der Waals surface area contributed by atoms with Crippen LogP contribution >= 0.6 is 7.82 Å². The molecule has 0 saturated carbocycles. The van der Waals surface area contributed by atoms with Gasteiger partial charge in [-0.15, -0.1) is 0 Å². The van der Waals surface area contributed by atoms with E-state index >= 15 is 0 Å². The van der Waals surface area contributed by atoms with Gasteiger partial charge in [-0.05, 0) is 37.0 Å². The molecule has 0 fully saturated rings. The first-order chi connectivity index (χ1) is 18.4. The maximum absolute atomic E-state index is 13.6. The first-order valence-electron chi connectivity index (χ1n) is 16.9. The molecule has 230 valence electrons. The van der Waals surface area contributed by atoms with E-state index in [9.17, 15) is 4.57 Å². The molecule has 0 heterocycles. The monoisotopic (exact) mass is 560 g/mol. The summed E-state index contributed by atoms with van der Waals surface area (Å²) < 4.78 is 31.4. The Labute approximate surface area is 239 Å². The number of phosphoric ester groups is 1. The highest BCUT2D eigenvalue weighted by molar-refractivity contribution is 7.48. The summed E-state index contributed by atoms with van der Waals surface area (Å²) in [7, 11) is -3.54. The van der Waals surface area contributed by atoms with Gasteiger partial charge in [-0.2, -0.15) is 0 Å². The molecule has 0 spiro atoms. The van der Waals surface area contributed by atoms with Crippen molar-refractivity contribution in [3.63, 3.8) is 0 Å². The predicted octanol–water partition coefficient (Wildman–Crippen LogP) is 12.3. The number of hydrogen-bond donors (Lipinski definition) is 0. The molecule has 0 rings (SSSR count). The van der Waals surface area contributed by atoms with Crippen molar-refractivity contribution >= 4 is 7.82 Å². The summed E-state index contributed by atoms with van der Waals surface area (Å²) in [6.45, 7) is 14.7. The Bertz CT molecular complexity index is 456. The Hall–Kier alpha value is 0.110. The smallest absolute Gasteiger partial charge is 0.287 e. The molecule has 0 aliphatic rings. The summed E-state index contributed by atoms with van der Waals surface area (Å²) >= 11 is 0. The summed E-state index contributed by atoms with van der Waals surface area (Å²) in [6.07, 6.45) is 26.6. The quantitative estimate of drug-likeness (QED) is 0.0647. The third-order valence-electron chi connectivity index (χ3n) is 7.70. The van der Waals surface area contributed by atoms with Crippen molar-refractivity contribution in [1.82, 2.24) is 0 Å². The normalized spacial score (nSPS) is 15.8. The molecule has 0 aromatic heterocycles. The Kier molecular flexibility index (Phi) is 27.4. The molecule has 5 heteroatoms. The molecule has 0 aliphatic carbocycles. The van der Waals surface area contributed by atoms with Crippen LogP contribution in [0.4, 0.5) is 0 Å². The lowest BCUT2D eigenvalue weighted by atomic mass is 10.0. The molecule has 0 amide bonds. The molecule has 3 unspecified atom stereocenters. The van der Waals surface area contributed by atoms with Crippen molar-refractivity contribution in [1.29, 1.82) is 0 Å². The van der Waals surface area contributed by atoms with Crippen molar-refractivity contribution < 1.29 is 18.1 Å². The fraction of sp³-hybridized carbons (Fsp3) is 1.00. The summed E-state index contributed by atoms with van der Waals surface area (Å²) in [5.41, 5.74) is 0. The topological polar surface area (TPSA) is 44.8 Å². The molecular formula is C33H69O4P. The predicted molar refractivity (Wildman–Crippen MR) is 167 cm³/mol. The molecule has 0 aromatic carbocycles.